The van der Waals surface area contributed by atoms with Crippen molar-refractivity contribution >= 4 is 11.8 Å². The van der Waals surface area contributed by atoms with Gasteiger partial charge in [0.2, 0.25) is 5.89 Å². The number of carbonyl (C=O) groups is 2. The van der Waals surface area contributed by atoms with Gasteiger partial charge in [0.1, 0.15) is 17.6 Å². The molecule has 0 fully saturated rings. The normalized spacial score (nSPS) is 12.5. The van der Waals surface area contributed by atoms with E-state index in [9.17, 15) is 27.9 Å². The summed E-state index contributed by atoms with van der Waals surface area (Å²) in [5.74, 6) is 0.264. The monoisotopic (exact) mass is 592 g/mol. The Balaban J connectivity index is 1.32. The number of aliphatic carboxylic acids is 1. The maximum atomic E-state index is 12.8. The number of aromatic nitrogens is 1. The second kappa shape index (κ2) is 13.9. The molecule has 0 amide bonds. The molecule has 0 bridgehead atoms. The Morgan fingerprint density at radius 2 is 1.70 bits per heavy atom. The third kappa shape index (κ3) is 8.57. The van der Waals surface area contributed by atoms with Crippen LogP contribution in [0.5, 0.6) is 5.75 Å². The molecule has 2 N–H and O–H groups in total. The largest absolute Gasteiger partial charge is 0.493 e. The van der Waals surface area contributed by atoms with Crippen molar-refractivity contribution in [2.45, 2.75) is 45.3 Å². The number of carbonyl (C=O) groups excluding carboxylic acids is 1. The first kappa shape index (κ1) is 31.1. The summed E-state index contributed by atoms with van der Waals surface area (Å²) in [6.07, 6.45) is -2.29. The molecule has 7 nitrogen and oxygen atoms in total. The van der Waals surface area contributed by atoms with Gasteiger partial charge in [-0.05, 0) is 55.3 Å². The molecule has 224 valence electrons. The van der Waals surface area contributed by atoms with E-state index in [1.807, 2.05) is 37.3 Å². The summed E-state index contributed by atoms with van der Waals surface area (Å²) < 4.78 is 50.1. The zero-order valence-electron chi connectivity index (χ0n) is 23.6. The third-order valence-corrected chi connectivity index (χ3v) is 6.72. The van der Waals surface area contributed by atoms with Crippen LogP contribution < -0.4 is 10.1 Å². The number of halogens is 3. The lowest BCUT2D eigenvalue weighted by atomic mass is 10.0. The molecule has 0 spiro atoms. The number of nitrogens with zero attached hydrogens (tertiary/aromatic N) is 1. The predicted molar refractivity (Wildman–Crippen MR) is 155 cm³/mol. The van der Waals surface area contributed by atoms with Crippen molar-refractivity contribution in [3.05, 3.63) is 119 Å². The topological polar surface area (TPSA) is 102 Å². The van der Waals surface area contributed by atoms with Crippen LogP contribution in [0.25, 0.3) is 11.5 Å². The highest BCUT2D eigenvalue weighted by Gasteiger charge is 2.30. The lowest BCUT2D eigenvalue weighted by molar-refractivity contribution is -0.139. The molecule has 43 heavy (non-hydrogen) atoms. The van der Waals surface area contributed by atoms with E-state index in [4.69, 9.17) is 9.15 Å². The van der Waals surface area contributed by atoms with E-state index in [1.54, 1.807) is 31.2 Å². The van der Waals surface area contributed by atoms with Crippen LogP contribution in [0.1, 0.15) is 46.3 Å². The number of allylic oxidation sites excluding steroid dienone is 2. The molecular formula is C33H31F3N2O5. The SMILES string of the molecule is CCC(=CC(=O)c1ccc(C(F)(F)F)cc1)N[C@@H](Cc1ccc(OCCc2nc(-c3ccccc3)oc2C)cc1)C(=O)O. The molecule has 0 aliphatic rings. The first-order valence-corrected chi connectivity index (χ1v) is 13.7. The molecule has 0 aliphatic carbocycles. The van der Waals surface area contributed by atoms with Gasteiger partial charge in [-0.1, -0.05) is 49.4 Å². The molecule has 10 heteroatoms. The number of hydrogen-bond acceptors (Lipinski definition) is 6. The van der Waals surface area contributed by atoms with Crippen molar-refractivity contribution in [3.63, 3.8) is 0 Å². The molecule has 0 aliphatic heterocycles. The van der Waals surface area contributed by atoms with Gasteiger partial charge in [-0.15, -0.1) is 0 Å². The Hall–Kier alpha value is -4.86. The number of ketones is 1. The number of hydrogen-bond donors (Lipinski definition) is 2. The van der Waals surface area contributed by atoms with Crippen LogP contribution in [-0.2, 0) is 23.8 Å². The van der Waals surface area contributed by atoms with Crippen LogP contribution in [0.15, 0.2) is 95.1 Å². The molecule has 4 rings (SSSR count). The van der Waals surface area contributed by atoms with Crippen LogP contribution in [0.4, 0.5) is 13.2 Å². The second-order valence-electron chi connectivity index (χ2n) is 9.83. The summed E-state index contributed by atoms with van der Waals surface area (Å²) in [5, 5.41) is 12.7. The van der Waals surface area contributed by atoms with Crippen molar-refractivity contribution in [1.82, 2.24) is 10.3 Å². The fraction of sp³-hybridized carbons (Fsp3) is 0.242. The zero-order chi connectivity index (χ0) is 31.0. The van der Waals surface area contributed by atoms with Crippen molar-refractivity contribution < 1.29 is 37.0 Å². The highest BCUT2D eigenvalue weighted by atomic mass is 19.4. The van der Waals surface area contributed by atoms with E-state index < -0.39 is 29.5 Å². The van der Waals surface area contributed by atoms with Crippen molar-refractivity contribution in [1.29, 1.82) is 0 Å². The standard InChI is InChI=1S/C33H31F3N2O5/c1-3-26(20-30(39)23-11-13-25(14-12-23)33(34,35)36)37-29(32(40)41)19-22-9-15-27(16-10-22)42-18-17-28-21(2)43-31(38-28)24-7-5-4-6-8-24/h4-16,20,29,37H,3,17-19H2,1-2H3,(H,40,41)/t29-/m0/s1. The number of oxazole rings is 1. The predicted octanol–water partition coefficient (Wildman–Crippen LogP) is 7.05. The lowest BCUT2D eigenvalue weighted by Gasteiger charge is -2.18. The number of rotatable bonds is 13. The van der Waals surface area contributed by atoms with Gasteiger partial charge in [0.15, 0.2) is 5.78 Å². The Morgan fingerprint density at radius 1 is 1.02 bits per heavy atom. The first-order chi connectivity index (χ1) is 20.5. The molecule has 1 aromatic heterocycles. The third-order valence-electron chi connectivity index (χ3n) is 6.72. The maximum Gasteiger partial charge on any atom is 0.416 e. The molecule has 1 heterocycles. The van der Waals surface area contributed by atoms with Gasteiger partial charge >= 0.3 is 12.1 Å². The fourth-order valence-corrected chi connectivity index (χ4v) is 4.32. The van der Waals surface area contributed by atoms with Gasteiger partial charge in [0.25, 0.3) is 0 Å². The van der Waals surface area contributed by atoms with Crippen molar-refractivity contribution in [2.24, 2.45) is 0 Å². The Labute approximate surface area is 247 Å². The van der Waals surface area contributed by atoms with E-state index in [0.29, 0.717) is 36.8 Å². The maximum absolute atomic E-state index is 12.8. The highest BCUT2D eigenvalue weighted by Crippen LogP contribution is 2.29. The number of alkyl halides is 3. The number of aryl methyl sites for hydroxylation is 1. The number of carboxylic acids is 1. The van der Waals surface area contributed by atoms with Crippen LogP contribution in [0, 0.1) is 6.92 Å². The van der Waals surface area contributed by atoms with E-state index in [-0.39, 0.29) is 12.0 Å². The summed E-state index contributed by atoms with van der Waals surface area (Å²) in [7, 11) is 0. The van der Waals surface area contributed by atoms with E-state index in [1.165, 1.54) is 6.08 Å². The van der Waals surface area contributed by atoms with Gasteiger partial charge in [-0.2, -0.15) is 13.2 Å². The van der Waals surface area contributed by atoms with Gasteiger partial charge in [-0.3, -0.25) is 4.79 Å². The van der Waals surface area contributed by atoms with Gasteiger partial charge < -0.3 is 19.6 Å². The second-order valence-corrected chi connectivity index (χ2v) is 9.83. The Bertz CT molecular complexity index is 1560. The highest BCUT2D eigenvalue weighted by molar-refractivity contribution is 6.04. The average molecular weight is 593 g/mol. The Morgan fingerprint density at radius 3 is 2.30 bits per heavy atom. The number of benzene rings is 3. The summed E-state index contributed by atoms with van der Waals surface area (Å²) >= 11 is 0. The molecule has 0 saturated heterocycles. The minimum absolute atomic E-state index is 0.0681. The van der Waals surface area contributed by atoms with Crippen LogP contribution in [0.2, 0.25) is 0 Å². The molecule has 0 unspecified atom stereocenters. The molecule has 1 atom stereocenters. The fourth-order valence-electron chi connectivity index (χ4n) is 4.32. The minimum Gasteiger partial charge on any atom is -0.493 e. The minimum atomic E-state index is -4.50. The number of nitrogens with one attached hydrogen (secondary N) is 1. The van der Waals surface area contributed by atoms with Crippen LogP contribution in [-0.4, -0.2) is 34.5 Å². The quantitative estimate of drug-likeness (QED) is 0.127. The first-order valence-electron chi connectivity index (χ1n) is 13.7. The van der Waals surface area contributed by atoms with Gasteiger partial charge in [-0.25, -0.2) is 9.78 Å². The summed E-state index contributed by atoms with van der Waals surface area (Å²) in [4.78, 5) is 29.2. The molecule has 0 radical (unpaired) electrons. The smallest absolute Gasteiger partial charge is 0.416 e. The van der Waals surface area contributed by atoms with E-state index in [2.05, 4.69) is 10.3 Å². The number of carboxylic acid groups (broad SMARTS) is 1. The van der Waals surface area contributed by atoms with Crippen LogP contribution >= 0.6 is 0 Å². The van der Waals surface area contributed by atoms with Gasteiger partial charge in [0.05, 0.1) is 17.9 Å². The van der Waals surface area contributed by atoms with Crippen LogP contribution in [0.3, 0.4) is 0 Å². The molecular weight excluding hydrogens is 561 g/mol. The molecule has 4 aromatic rings. The van der Waals surface area contributed by atoms with E-state index >= 15 is 0 Å². The average Bonchev–Trinajstić information content (AvgIpc) is 3.37. The van der Waals surface area contributed by atoms with Crippen molar-refractivity contribution in [2.75, 3.05) is 6.61 Å². The van der Waals surface area contributed by atoms with E-state index in [0.717, 1.165) is 46.8 Å². The summed E-state index contributed by atoms with van der Waals surface area (Å²) in [6, 6.07) is 19.5. The zero-order valence-corrected chi connectivity index (χ0v) is 23.6. The Kier molecular flexibility index (Phi) is 10.0. The molecule has 3 aromatic carbocycles. The summed E-state index contributed by atoms with van der Waals surface area (Å²) in [5.41, 5.74) is 2.01. The molecule has 0 saturated carbocycles. The van der Waals surface area contributed by atoms with Crippen molar-refractivity contribution in [3.8, 4) is 17.2 Å². The number of ether oxygens (including phenoxy) is 1. The summed E-state index contributed by atoms with van der Waals surface area (Å²) in [6.45, 7) is 3.98. The van der Waals surface area contributed by atoms with Gasteiger partial charge in [0, 0.05) is 35.7 Å². The lowest BCUT2D eigenvalue weighted by Crippen LogP contribution is -2.38.